The van der Waals surface area contributed by atoms with Crippen LogP contribution in [0.3, 0.4) is 0 Å². The first-order valence-corrected chi connectivity index (χ1v) is 7.78. The van der Waals surface area contributed by atoms with Crippen LogP contribution in [0.4, 0.5) is 0 Å². The Kier molecular flexibility index (Phi) is 9.13. The standard InChI is InChI=1S/C16H28O6/c1-7-12(5)21-16(15(19)20-9-3,22-13(6)8-2)14(18)10-11(4)17/h12-13H,7-10H2,1-6H3. The molecule has 0 aromatic carbocycles. The summed E-state index contributed by atoms with van der Waals surface area (Å²) in [5, 5.41) is 0. The van der Waals surface area contributed by atoms with Gasteiger partial charge in [0.2, 0.25) is 5.78 Å². The predicted octanol–water partition coefficient (Wildman–Crippen LogP) is 2.42. The van der Waals surface area contributed by atoms with Crippen molar-refractivity contribution in [3.05, 3.63) is 0 Å². The molecule has 0 amide bonds. The van der Waals surface area contributed by atoms with Crippen LogP contribution in [-0.2, 0) is 28.6 Å². The quantitative estimate of drug-likeness (QED) is 0.331. The Labute approximate surface area is 132 Å². The van der Waals surface area contributed by atoms with E-state index in [1.807, 2.05) is 13.8 Å². The minimum Gasteiger partial charge on any atom is -0.462 e. The minimum atomic E-state index is -2.17. The molecule has 0 spiro atoms. The highest BCUT2D eigenvalue weighted by atomic mass is 16.7. The minimum absolute atomic E-state index is 0.0850. The maximum Gasteiger partial charge on any atom is 0.375 e. The van der Waals surface area contributed by atoms with Crippen molar-refractivity contribution >= 4 is 17.5 Å². The number of ketones is 2. The molecule has 0 aromatic heterocycles. The normalized spacial score (nSPS) is 16.5. The van der Waals surface area contributed by atoms with E-state index in [0.29, 0.717) is 12.8 Å². The lowest BCUT2D eigenvalue weighted by Crippen LogP contribution is -2.55. The zero-order chi connectivity index (χ0) is 17.3. The Morgan fingerprint density at radius 2 is 1.41 bits per heavy atom. The molecule has 0 aromatic rings. The molecule has 22 heavy (non-hydrogen) atoms. The van der Waals surface area contributed by atoms with Gasteiger partial charge in [-0.05, 0) is 40.5 Å². The number of esters is 1. The van der Waals surface area contributed by atoms with Gasteiger partial charge in [0.1, 0.15) is 5.78 Å². The van der Waals surface area contributed by atoms with Gasteiger partial charge in [-0.3, -0.25) is 9.59 Å². The van der Waals surface area contributed by atoms with Gasteiger partial charge in [-0.2, -0.15) is 0 Å². The third-order valence-electron chi connectivity index (χ3n) is 3.20. The highest BCUT2D eigenvalue weighted by Gasteiger charge is 2.52. The molecule has 0 saturated heterocycles. The molecule has 0 saturated carbocycles. The number of rotatable bonds is 11. The number of carbonyl (C=O) groups is 3. The fourth-order valence-corrected chi connectivity index (χ4v) is 1.67. The van der Waals surface area contributed by atoms with Gasteiger partial charge in [-0.1, -0.05) is 13.8 Å². The summed E-state index contributed by atoms with van der Waals surface area (Å²) in [4.78, 5) is 36.2. The maximum absolute atomic E-state index is 12.5. The fourth-order valence-electron chi connectivity index (χ4n) is 1.67. The molecule has 0 N–H and O–H groups in total. The van der Waals surface area contributed by atoms with Gasteiger partial charge in [0, 0.05) is 0 Å². The summed E-state index contributed by atoms with van der Waals surface area (Å²) >= 11 is 0. The second kappa shape index (κ2) is 9.69. The van der Waals surface area contributed by atoms with E-state index >= 15 is 0 Å². The van der Waals surface area contributed by atoms with Gasteiger partial charge in [-0.15, -0.1) is 0 Å². The SMILES string of the molecule is CCOC(=O)C(OC(C)CC)(OC(C)CC)C(=O)CC(C)=O. The number of ether oxygens (including phenoxy) is 3. The first-order chi connectivity index (χ1) is 10.2. The van der Waals surface area contributed by atoms with Crippen LogP contribution >= 0.6 is 0 Å². The first kappa shape index (κ1) is 20.7. The van der Waals surface area contributed by atoms with Gasteiger partial charge in [0.15, 0.2) is 0 Å². The molecule has 2 unspecified atom stereocenters. The summed E-state index contributed by atoms with van der Waals surface area (Å²) in [5.41, 5.74) is 0. The monoisotopic (exact) mass is 316 g/mol. The van der Waals surface area contributed by atoms with Gasteiger partial charge in [0.25, 0.3) is 0 Å². The third kappa shape index (κ3) is 5.85. The van der Waals surface area contributed by atoms with E-state index in [0.717, 1.165) is 0 Å². The maximum atomic E-state index is 12.5. The van der Waals surface area contributed by atoms with Crippen molar-refractivity contribution in [2.45, 2.75) is 78.8 Å². The van der Waals surface area contributed by atoms with Crippen LogP contribution in [-0.4, -0.2) is 42.1 Å². The van der Waals surface area contributed by atoms with E-state index in [1.165, 1.54) is 6.92 Å². The van der Waals surface area contributed by atoms with Crippen LogP contribution < -0.4 is 0 Å². The van der Waals surface area contributed by atoms with Crippen LogP contribution in [0.25, 0.3) is 0 Å². The highest BCUT2D eigenvalue weighted by molar-refractivity contribution is 6.12. The number of hydrogen-bond donors (Lipinski definition) is 0. The van der Waals surface area contributed by atoms with Crippen molar-refractivity contribution in [2.24, 2.45) is 0 Å². The smallest absolute Gasteiger partial charge is 0.375 e. The van der Waals surface area contributed by atoms with Crippen LogP contribution in [0.2, 0.25) is 0 Å². The third-order valence-corrected chi connectivity index (χ3v) is 3.20. The molecule has 128 valence electrons. The van der Waals surface area contributed by atoms with E-state index < -0.39 is 36.2 Å². The lowest BCUT2D eigenvalue weighted by molar-refractivity contribution is -0.262. The Bertz CT molecular complexity index is 378. The summed E-state index contributed by atoms with van der Waals surface area (Å²) in [6, 6.07) is 0. The Morgan fingerprint density at radius 1 is 0.955 bits per heavy atom. The zero-order valence-corrected chi connectivity index (χ0v) is 14.4. The lowest BCUT2D eigenvalue weighted by Gasteiger charge is -2.34. The second-order valence-electron chi connectivity index (χ2n) is 5.31. The molecule has 0 aliphatic carbocycles. The van der Waals surface area contributed by atoms with Crippen LogP contribution in [0, 0.1) is 0 Å². The van der Waals surface area contributed by atoms with E-state index in [2.05, 4.69) is 0 Å². The topological polar surface area (TPSA) is 78.9 Å². The zero-order valence-electron chi connectivity index (χ0n) is 14.4. The average Bonchev–Trinajstić information content (AvgIpc) is 2.45. The van der Waals surface area contributed by atoms with Crippen molar-refractivity contribution < 1.29 is 28.6 Å². The number of carbonyl (C=O) groups excluding carboxylic acids is 3. The average molecular weight is 316 g/mol. The molecular formula is C16H28O6. The summed E-state index contributed by atoms with van der Waals surface area (Å²) < 4.78 is 16.3. The van der Waals surface area contributed by atoms with Gasteiger partial charge < -0.3 is 14.2 Å². The van der Waals surface area contributed by atoms with E-state index in [-0.39, 0.29) is 12.4 Å². The first-order valence-electron chi connectivity index (χ1n) is 7.78. The van der Waals surface area contributed by atoms with Gasteiger partial charge in [0.05, 0.1) is 25.2 Å². The molecule has 2 atom stereocenters. The summed E-state index contributed by atoms with van der Waals surface area (Å²) in [6.07, 6.45) is -0.0728. The molecule has 0 fully saturated rings. The molecule has 6 heteroatoms. The Morgan fingerprint density at radius 3 is 1.73 bits per heavy atom. The highest BCUT2D eigenvalue weighted by Crippen LogP contribution is 2.25. The molecule has 0 radical (unpaired) electrons. The predicted molar refractivity (Wildman–Crippen MR) is 81.3 cm³/mol. The van der Waals surface area contributed by atoms with E-state index in [9.17, 15) is 14.4 Å². The molecule has 0 aliphatic rings. The van der Waals surface area contributed by atoms with Crippen LogP contribution in [0.1, 0.15) is 60.8 Å². The largest absolute Gasteiger partial charge is 0.462 e. The fraction of sp³-hybridized carbons (Fsp3) is 0.812. The Hall–Kier alpha value is -1.27. The van der Waals surface area contributed by atoms with Crippen LogP contribution in [0.5, 0.6) is 0 Å². The van der Waals surface area contributed by atoms with Crippen molar-refractivity contribution in [3.63, 3.8) is 0 Å². The van der Waals surface area contributed by atoms with E-state index in [4.69, 9.17) is 14.2 Å². The molecule has 0 bridgehead atoms. The summed E-state index contributed by atoms with van der Waals surface area (Å²) in [7, 11) is 0. The van der Waals surface area contributed by atoms with Crippen molar-refractivity contribution in [2.75, 3.05) is 6.61 Å². The van der Waals surface area contributed by atoms with Crippen molar-refractivity contribution in [1.82, 2.24) is 0 Å². The molecule has 0 heterocycles. The summed E-state index contributed by atoms with van der Waals surface area (Å²) in [6.45, 7) is 10.2. The second-order valence-corrected chi connectivity index (χ2v) is 5.31. The number of Topliss-reactive ketones (excluding diaryl/α,β-unsaturated/α-hetero) is 2. The lowest BCUT2D eigenvalue weighted by atomic mass is 10.1. The molecule has 0 aliphatic heterocycles. The van der Waals surface area contributed by atoms with Gasteiger partial charge in [-0.25, -0.2) is 4.79 Å². The molecule has 6 nitrogen and oxygen atoms in total. The molecule has 0 rings (SSSR count). The van der Waals surface area contributed by atoms with Crippen molar-refractivity contribution in [3.8, 4) is 0 Å². The van der Waals surface area contributed by atoms with Crippen LogP contribution in [0.15, 0.2) is 0 Å². The number of hydrogen-bond acceptors (Lipinski definition) is 6. The Balaban J connectivity index is 5.71. The van der Waals surface area contributed by atoms with Crippen molar-refractivity contribution in [1.29, 1.82) is 0 Å². The van der Waals surface area contributed by atoms with Gasteiger partial charge >= 0.3 is 11.8 Å². The molecular weight excluding hydrogens is 288 g/mol. The summed E-state index contributed by atoms with van der Waals surface area (Å²) in [5.74, 6) is -4.16. The van der Waals surface area contributed by atoms with E-state index in [1.54, 1.807) is 20.8 Å².